The van der Waals surface area contributed by atoms with Gasteiger partial charge >= 0.3 is 5.97 Å². The zero-order valence-corrected chi connectivity index (χ0v) is 12.5. The third-order valence-corrected chi connectivity index (χ3v) is 3.47. The molecule has 0 bridgehead atoms. The average Bonchev–Trinajstić information content (AvgIpc) is 2.49. The maximum absolute atomic E-state index is 11.5. The Morgan fingerprint density at radius 2 is 1.85 bits per heavy atom. The molecular formula is C17H24O3. The van der Waals surface area contributed by atoms with E-state index in [-0.39, 0.29) is 0 Å². The Bertz CT molecular complexity index is 438. The topological polar surface area (TPSA) is 43.4 Å². The molecule has 1 aromatic rings. The van der Waals surface area contributed by atoms with Crippen molar-refractivity contribution in [2.75, 3.05) is 7.11 Å². The van der Waals surface area contributed by atoms with Crippen LogP contribution in [0.25, 0.3) is 0 Å². The van der Waals surface area contributed by atoms with Gasteiger partial charge in [-0.25, -0.2) is 4.79 Å². The summed E-state index contributed by atoms with van der Waals surface area (Å²) in [5, 5.41) is 0. The third-order valence-electron chi connectivity index (χ3n) is 3.47. The molecule has 3 heteroatoms. The molecule has 1 aromatic carbocycles. The average molecular weight is 276 g/mol. The molecule has 0 spiro atoms. The zero-order chi connectivity index (χ0) is 14.8. The van der Waals surface area contributed by atoms with E-state index < -0.39 is 5.97 Å². The Hall–Kier alpha value is -1.64. The Kier molecular flexibility index (Phi) is 7.63. The van der Waals surface area contributed by atoms with E-state index in [0.717, 1.165) is 24.7 Å². The van der Waals surface area contributed by atoms with Crippen molar-refractivity contribution >= 4 is 12.3 Å². The molecule has 0 saturated carbocycles. The lowest BCUT2D eigenvalue weighted by atomic mass is 10.00. The highest BCUT2D eigenvalue weighted by molar-refractivity contribution is 5.98. The summed E-state index contributed by atoms with van der Waals surface area (Å²) in [6.07, 6.45) is 9.16. The zero-order valence-electron chi connectivity index (χ0n) is 12.5. The Morgan fingerprint density at radius 1 is 1.15 bits per heavy atom. The van der Waals surface area contributed by atoms with E-state index in [0.29, 0.717) is 11.1 Å². The largest absolute Gasteiger partial charge is 0.465 e. The van der Waals surface area contributed by atoms with Gasteiger partial charge in [0.15, 0.2) is 6.29 Å². The van der Waals surface area contributed by atoms with Crippen molar-refractivity contribution in [1.29, 1.82) is 0 Å². The predicted octanol–water partition coefficient (Wildman–Crippen LogP) is 4.19. The Morgan fingerprint density at radius 3 is 2.50 bits per heavy atom. The molecule has 0 radical (unpaired) electrons. The molecular weight excluding hydrogens is 252 g/mol. The SMILES string of the molecule is CCCCCCCCc1ccc(C(=O)OC)c(C=O)c1. The molecule has 0 aromatic heterocycles. The lowest BCUT2D eigenvalue weighted by molar-refractivity contribution is 0.0598. The molecule has 20 heavy (non-hydrogen) atoms. The number of hydrogen-bond donors (Lipinski definition) is 0. The molecule has 0 unspecified atom stereocenters. The van der Waals surface area contributed by atoms with Crippen LogP contribution < -0.4 is 0 Å². The standard InChI is InChI=1S/C17H24O3/c1-3-4-5-6-7-8-9-14-10-11-16(17(19)20-2)15(12-14)13-18/h10-13H,3-9H2,1-2H3. The van der Waals surface area contributed by atoms with Gasteiger partial charge in [0, 0.05) is 5.56 Å². The van der Waals surface area contributed by atoms with Crippen molar-refractivity contribution in [2.24, 2.45) is 0 Å². The van der Waals surface area contributed by atoms with Crippen LogP contribution in [0.2, 0.25) is 0 Å². The van der Waals surface area contributed by atoms with Gasteiger partial charge in [0.05, 0.1) is 12.7 Å². The number of carbonyl (C=O) groups is 2. The number of rotatable bonds is 9. The summed E-state index contributed by atoms with van der Waals surface area (Å²) < 4.78 is 4.66. The number of unbranched alkanes of at least 4 members (excludes halogenated alkanes) is 5. The van der Waals surface area contributed by atoms with Gasteiger partial charge < -0.3 is 4.74 Å². The first kappa shape index (κ1) is 16.4. The summed E-state index contributed by atoms with van der Waals surface area (Å²) in [6, 6.07) is 5.39. The van der Waals surface area contributed by atoms with Gasteiger partial charge in [-0.2, -0.15) is 0 Å². The van der Waals surface area contributed by atoms with Crippen molar-refractivity contribution < 1.29 is 14.3 Å². The quantitative estimate of drug-likeness (QED) is 0.386. The minimum absolute atomic E-state index is 0.342. The molecule has 0 amide bonds. The van der Waals surface area contributed by atoms with E-state index in [1.807, 2.05) is 6.07 Å². The molecule has 110 valence electrons. The molecule has 0 aliphatic rings. The summed E-state index contributed by atoms with van der Waals surface area (Å²) in [6.45, 7) is 2.21. The van der Waals surface area contributed by atoms with Crippen LogP contribution in [0, 0.1) is 0 Å². The smallest absolute Gasteiger partial charge is 0.338 e. The van der Waals surface area contributed by atoms with Gasteiger partial charge in [-0.15, -0.1) is 0 Å². The van der Waals surface area contributed by atoms with E-state index in [1.165, 1.54) is 39.2 Å². The maximum Gasteiger partial charge on any atom is 0.338 e. The lowest BCUT2D eigenvalue weighted by Crippen LogP contribution is -2.06. The summed E-state index contributed by atoms with van der Waals surface area (Å²) in [5.41, 5.74) is 1.87. The van der Waals surface area contributed by atoms with Crippen LogP contribution in [0.4, 0.5) is 0 Å². The molecule has 0 atom stereocenters. The summed E-state index contributed by atoms with van der Waals surface area (Å²) in [4.78, 5) is 22.5. The van der Waals surface area contributed by atoms with Crippen LogP contribution in [-0.4, -0.2) is 19.4 Å². The van der Waals surface area contributed by atoms with Crippen LogP contribution >= 0.6 is 0 Å². The second kappa shape index (κ2) is 9.29. The highest BCUT2D eigenvalue weighted by atomic mass is 16.5. The fraction of sp³-hybridized carbons (Fsp3) is 0.529. The van der Waals surface area contributed by atoms with Gasteiger partial charge in [-0.05, 0) is 30.5 Å². The van der Waals surface area contributed by atoms with Crippen molar-refractivity contribution in [3.8, 4) is 0 Å². The molecule has 0 aliphatic heterocycles. The number of esters is 1. The van der Waals surface area contributed by atoms with E-state index in [4.69, 9.17) is 0 Å². The predicted molar refractivity (Wildman–Crippen MR) is 80.2 cm³/mol. The number of ether oxygens (including phenoxy) is 1. The number of hydrogen-bond acceptors (Lipinski definition) is 3. The first-order valence-corrected chi connectivity index (χ1v) is 7.39. The summed E-state index contributed by atoms with van der Waals surface area (Å²) in [7, 11) is 1.32. The molecule has 0 heterocycles. The minimum Gasteiger partial charge on any atom is -0.465 e. The van der Waals surface area contributed by atoms with Gasteiger partial charge in [0.1, 0.15) is 0 Å². The molecule has 0 fully saturated rings. The van der Waals surface area contributed by atoms with E-state index in [2.05, 4.69) is 11.7 Å². The number of benzene rings is 1. The molecule has 0 aliphatic carbocycles. The van der Waals surface area contributed by atoms with Crippen molar-refractivity contribution in [2.45, 2.75) is 51.9 Å². The van der Waals surface area contributed by atoms with Crippen LogP contribution in [0.1, 0.15) is 71.7 Å². The van der Waals surface area contributed by atoms with E-state index >= 15 is 0 Å². The number of methoxy groups -OCH3 is 1. The maximum atomic E-state index is 11.5. The lowest BCUT2D eigenvalue weighted by Gasteiger charge is -2.06. The monoisotopic (exact) mass is 276 g/mol. The second-order valence-corrected chi connectivity index (χ2v) is 5.05. The first-order chi connectivity index (χ1) is 9.72. The Labute approximate surface area is 121 Å². The number of carbonyl (C=O) groups excluding carboxylic acids is 2. The van der Waals surface area contributed by atoms with Crippen LogP contribution in [0.15, 0.2) is 18.2 Å². The molecule has 1 rings (SSSR count). The van der Waals surface area contributed by atoms with Gasteiger partial charge in [-0.3, -0.25) is 4.79 Å². The van der Waals surface area contributed by atoms with E-state index in [1.54, 1.807) is 12.1 Å². The van der Waals surface area contributed by atoms with Gasteiger partial charge in [-0.1, -0.05) is 45.1 Å². The third kappa shape index (κ3) is 5.16. The van der Waals surface area contributed by atoms with Crippen LogP contribution in [0.3, 0.4) is 0 Å². The molecule has 3 nitrogen and oxygen atoms in total. The first-order valence-electron chi connectivity index (χ1n) is 7.39. The normalized spacial score (nSPS) is 10.3. The van der Waals surface area contributed by atoms with Crippen molar-refractivity contribution in [3.05, 3.63) is 34.9 Å². The summed E-state index contributed by atoms with van der Waals surface area (Å²) >= 11 is 0. The Balaban J connectivity index is 2.51. The van der Waals surface area contributed by atoms with Gasteiger partial charge in [0.2, 0.25) is 0 Å². The highest BCUT2D eigenvalue weighted by Gasteiger charge is 2.11. The van der Waals surface area contributed by atoms with Crippen LogP contribution in [-0.2, 0) is 11.2 Å². The van der Waals surface area contributed by atoms with E-state index in [9.17, 15) is 9.59 Å². The molecule has 0 saturated heterocycles. The fourth-order valence-electron chi connectivity index (χ4n) is 2.27. The minimum atomic E-state index is -0.460. The molecule has 0 N–H and O–H groups in total. The van der Waals surface area contributed by atoms with Crippen molar-refractivity contribution in [1.82, 2.24) is 0 Å². The van der Waals surface area contributed by atoms with Crippen LogP contribution in [0.5, 0.6) is 0 Å². The highest BCUT2D eigenvalue weighted by Crippen LogP contribution is 2.15. The summed E-state index contributed by atoms with van der Waals surface area (Å²) in [5.74, 6) is -0.460. The fourth-order valence-corrected chi connectivity index (χ4v) is 2.27. The second-order valence-electron chi connectivity index (χ2n) is 5.05. The van der Waals surface area contributed by atoms with Crippen molar-refractivity contribution in [3.63, 3.8) is 0 Å². The number of aldehydes is 1. The number of aryl methyl sites for hydroxylation is 1. The van der Waals surface area contributed by atoms with Gasteiger partial charge in [0.25, 0.3) is 0 Å².